The van der Waals surface area contributed by atoms with Crippen LogP contribution in [0.4, 0.5) is 5.69 Å². The highest BCUT2D eigenvalue weighted by atomic mass is 35.5. The average Bonchev–Trinajstić information content (AvgIpc) is 3.24. The number of phenolic OH excluding ortho intramolecular Hbond substituents is 2. The smallest absolute Gasteiger partial charge is 0.331 e. The van der Waals surface area contributed by atoms with Gasteiger partial charge in [-0.3, -0.25) is 13.9 Å². The first-order valence-corrected chi connectivity index (χ1v) is 11.6. The van der Waals surface area contributed by atoms with Gasteiger partial charge in [0, 0.05) is 24.7 Å². The first kappa shape index (κ1) is 22.1. The number of fused-ring (bicyclic) bond motifs is 5. The number of phenols is 2. The molecule has 0 bridgehead atoms. The summed E-state index contributed by atoms with van der Waals surface area (Å²) in [6, 6.07) is 18.4. The molecule has 0 aliphatic carbocycles. The van der Waals surface area contributed by atoms with Gasteiger partial charge in [-0.25, -0.2) is 4.79 Å². The van der Waals surface area contributed by atoms with Crippen molar-refractivity contribution in [1.29, 1.82) is 0 Å². The maximum atomic E-state index is 13.7. The number of halogens is 1. The molecule has 36 heavy (non-hydrogen) atoms. The van der Waals surface area contributed by atoms with Gasteiger partial charge in [0.2, 0.25) is 0 Å². The number of rotatable bonds is 2. The summed E-state index contributed by atoms with van der Waals surface area (Å²) >= 11 is 6.17. The van der Waals surface area contributed by atoms with Gasteiger partial charge in [-0.15, -0.1) is 0 Å². The summed E-state index contributed by atoms with van der Waals surface area (Å²) in [6.45, 7) is 0. The van der Waals surface area contributed by atoms with Gasteiger partial charge < -0.3 is 20.1 Å². The van der Waals surface area contributed by atoms with E-state index in [1.807, 2.05) is 41.0 Å². The summed E-state index contributed by atoms with van der Waals surface area (Å²) in [5, 5.41) is 25.4. The van der Waals surface area contributed by atoms with E-state index in [9.17, 15) is 19.8 Å². The second-order valence-corrected chi connectivity index (χ2v) is 9.28. The fourth-order valence-electron chi connectivity index (χ4n) is 5.11. The van der Waals surface area contributed by atoms with E-state index in [-0.39, 0.29) is 11.5 Å². The molecule has 5 aromatic rings. The third-order valence-electron chi connectivity index (χ3n) is 6.77. The number of nitrogens with zero attached hydrogens (tertiary/aromatic N) is 3. The third-order valence-corrected chi connectivity index (χ3v) is 7.02. The van der Waals surface area contributed by atoms with Crippen LogP contribution < -0.4 is 16.6 Å². The molecule has 0 saturated heterocycles. The molecule has 3 aromatic carbocycles. The highest BCUT2D eigenvalue weighted by molar-refractivity contribution is 6.30. The maximum Gasteiger partial charge on any atom is 0.331 e. The lowest BCUT2D eigenvalue weighted by atomic mass is 9.98. The van der Waals surface area contributed by atoms with Crippen molar-refractivity contribution in [3.05, 3.63) is 104 Å². The Bertz CT molecular complexity index is 1820. The zero-order chi connectivity index (χ0) is 25.3. The molecule has 6 rings (SSSR count). The maximum absolute atomic E-state index is 13.7. The summed E-state index contributed by atoms with van der Waals surface area (Å²) < 4.78 is 4.49. The van der Waals surface area contributed by atoms with Crippen LogP contribution in [-0.4, -0.2) is 23.9 Å². The average molecular weight is 501 g/mol. The fourth-order valence-corrected chi connectivity index (χ4v) is 5.23. The Kier molecular flexibility index (Phi) is 4.77. The van der Waals surface area contributed by atoms with E-state index < -0.39 is 17.3 Å². The highest BCUT2D eigenvalue weighted by Crippen LogP contribution is 2.47. The summed E-state index contributed by atoms with van der Waals surface area (Å²) in [5.41, 5.74) is 3.40. The molecule has 0 amide bonds. The van der Waals surface area contributed by atoms with Crippen molar-refractivity contribution in [2.75, 3.05) is 5.32 Å². The zero-order valence-corrected chi connectivity index (χ0v) is 20.1. The van der Waals surface area contributed by atoms with Gasteiger partial charge in [0.25, 0.3) is 5.56 Å². The van der Waals surface area contributed by atoms with Crippen LogP contribution in [0.2, 0.25) is 5.02 Å². The number of benzene rings is 3. The molecule has 0 radical (unpaired) electrons. The largest absolute Gasteiger partial charge is 0.508 e. The van der Waals surface area contributed by atoms with Crippen molar-refractivity contribution < 1.29 is 10.2 Å². The lowest BCUT2D eigenvalue weighted by Crippen LogP contribution is -2.37. The van der Waals surface area contributed by atoms with Crippen LogP contribution in [-0.2, 0) is 14.1 Å². The number of hydrogen-bond donors (Lipinski definition) is 3. The van der Waals surface area contributed by atoms with Crippen LogP contribution in [0, 0.1) is 0 Å². The van der Waals surface area contributed by atoms with Crippen molar-refractivity contribution >= 4 is 28.2 Å². The molecule has 0 fully saturated rings. The van der Waals surface area contributed by atoms with Crippen LogP contribution in [0.3, 0.4) is 0 Å². The zero-order valence-electron chi connectivity index (χ0n) is 19.4. The SMILES string of the molecule is Cn1c(=O)c2c(-c3ccc(Cl)cc3)n3c(c2n(C)c1=O)[C@H](c1cc(O)ccc1O)Nc1ccccc1-3. The molecule has 9 heteroatoms. The van der Waals surface area contributed by atoms with Crippen molar-refractivity contribution in [3.63, 3.8) is 0 Å². The number of nitrogens with one attached hydrogen (secondary N) is 1. The molecule has 8 nitrogen and oxygen atoms in total. The van der Waals surface area contributed by atoms with E-state index in [4.69, 9.17) is 11.6 Å². The summed E-state index contributed by atoms with van der Waals surface area (Å²) in [5.74, 6) is -0.0546. The Labute approximate surface area is 209 Å². The minimum Gasteiger partial charge on any atom is -0.508 e. The van der Waals surface area contributed by atoms with Crippen LogP contribution in [0.15, 0.2) is 76.3 Å². The van der Waals surface area contributed by atoms with Gasteiger partial charge in [0.1, 0.15) is 11.5 Å². The third kappa shape index (κ3) is 3.01. The minimum absolute atomic E-state index is 0.0198. The highest BCUT2D eigenvalue weighted by Gasteiger charge is 2.35. The molecular formula is C27H21ClN4O4. The van der Waals surface area contributed by atoms with Gasteiger partial charge in [-0.05, 0) is 48.0 Å². The Balaban J connectivity index is 1.87. The topological polar surface area (TPSA) is 101 Å². The van der Waals surface area contributed by atoms with Crippen molar-refractivity contribution in [2.45, 2.75) is 6.04 Å². The number of aryl methyl sites for hydroxylation is 1. The summed E-state index contributed by atoms with van der Waals surface area (Å²) in [6.07, 6.45) is 0. The number of anilines is 1. The minimum atomic E-state index is -0.687. The lowest BCUT2D eigenvalue weighted by molar-refractivity contribution is 0.452. The fraction of sp³-hybridized carbons (Fsp3) is 0.111. The van der Waals surface area contributed by atoms with Crippen molar-refractivity contribution in [3.8, 4) is 28.4 Å². The first-order valence-electron chi connectivity index (χ1n) is 11.3. The molecule has 180 valence electrons. The van der Waals surface area contributed by atoms with Crippen LogP contribution in [0.5, 0.6) is 11.5 Å². The molecule has 1 aliphatic heterocycles. The Hall–Kier alpha value is -4.43. The molecule has 1 atom stereocenters. The van der Waals surface area contributed by atoms with Crippen LogP contribution >= 0.6 is 11.6 Å². The Morgan fingerprint density at radius 1 is 0.917 bits per heavy atom. The lowest BCUT2D eigenvalue weighted by Gasteiger charge is -2.31. The van der Waals surface area contributed by atoms with E-state index >= 15 is 0 Å². The summed E-state index contributed by atoms with van der Waals surface area (Å²) in [4.78, 5) is 26.7. The number of para-hydroxylation sites is 2. The second kappa shape index (κ2) is 7.79. The van der Waals surface area contributed by atoms with Crippen LogP contribution in [0.25, 0.3) is 27.8 Å². The standard InChI is InChI=1S/C27H21ClN4O4/c1-30-24-21(26(35)31(2)27(30)36)23(14-7-9-15(28)10-8-14)32-19-6-4-3-5-18(19)29-22(25(24)32)17-13-16(33)11-12-20(17)34/h3-13,22,29,33-34H,1-2H3/t22-/m0/s1. The first-order chi connectivity index (χ1) is 17.3. The van der Waals surface area contributed by atoms with Gasteiger partial charge >= 0.3 is 5.69 Å². The van der Waals surface area contributed by atoms with Gasteiger partial charge in [-0.2, -0.15) is 0 Å². The summed E-state index contributed by atoms with van der Waals surface area (Å²) in [7, 11) is 3.08. The molecular weight excluding hydrogens is 480 g/mol. The van der Waals surface area contributed by atoms with Crippen LogP contribution in [0.1, 0.15) is 17.3 Å². The second-order valence-electron chi connectivity index (χ2n) is 8.84. The predicted molar refractivity (Wildman–Crippen MR) is 139 cm³/mol. The molecule has 3 N–H and O–H groups in total. The Morgan fingerprint density at radius 2 is 1.64 bits per heavy atom. The molecule has 2 aromatic heterocycles. The van der Waals surface area contributed by atoms with E-state index in [0.29, 0.717) is 32.9 Å². The van der Waals surface area contributed by atoms with Crippen molar-refractivity contribution in [2.24, 2.45) is 14.1 Å². The molecule has 0 spiro atoms. The van der Waals surface area contributed by atoms with Gasteiger partial charge in [0.05, 0.1) is 39.7 Å². The molecule has 0 saturated carbocycles. The molecule has 1 aliphatic rings. The van der Waals surface area contributed by atoms with E-state index in [1.54, 1.807) is 19.2 Å². The number of aromatic hydroxyl groups is 2. The quantitative estimate of drug-likeness (QED) is 0.314. The van der Waals surface area contributed by atoms with Gasteiger partial charge in [0.15, 0.2) is 0 Å². The Morgan fingerprint density at radius 3 is 2.39 bits per heavy atom. The monoisotopic (exact) mass is 500 g/mol. The number of hydrogen-bond acceptors (Lipinski definition) is 5. The van der Waals surface area contributed by atoms with Gasteiger partial charge in [-0.1, -0.05) is 35.9 Å². The van der Waals surface area contributed by atoms with E-state index in [0.717, 1.165) is 21.5 Å². The number of aromatic nitrogens is 3. The normalized spacial score (nSPS) is 14.4. The van der Waals surface area contributed by atoms with Crippen molar-refractivity contribution in [1.82, 2.24) is 13.7 Å². The van der Waals surface area contributed by atoms with E-state index in [2.05, 4.69) is 5.32 Å². The predicted octanol–water partition coefficient (Wildman–Crippen LogP) is 4.27. The van der Waals surface area contributed by atoms with E-state index in [1.165, 1.54) is 29.8 Å². The molecule has 0 unspecified atom stereocenters. The molecule has 3 heterocycles.